The van der Waals surface area contributed by atoms with E-state index in [2.05, 4.69) is 4.72 Å². The molecule has 1 aromatic carbocycles. The van der Waals surface area contributed by atoms with E-state index in [-0.39, 0.29) is 5.92 Å². The maximum Gasteiger partial charge on any atom is 0.416 e. The van der Waals surface area contributed by atoms with Gasteiger partial charge in [-0.2, -0.15) is 13.2 Å². The second-order valence-corrected chi connectivity index (χ2v) is 6.39. The third kappa shape index (κ3) is 4.19. The molecule has 1 aromatic rings. The first-order valence-electron chi connectivity index (χ1n) is 5.88. The third-order valence-electron chi connectivity index (χ3n) is 2.78. The molecule has 0 aliphatic heterocycles. The van der Waals surface area contributed by atoms with Gasteiger partial charge in [-0.05, 0) is 24.1 Å². The Morgan fingerprint density at radius 3 is 2.35 bits per heavy atom. The first kappa shape index (κ1) is 16.9. The predicted molar refractivity (Wildman–Crippen MR) is 67.5 cm³/mol. The van der Waals surface area contributed by atoms with Gasteiger partial charge in [0.05, 0.1) is 17.1 Å². The van der Waals surface area contributed by atoms with Gasteiger partial charge in [0.15, 0.2) is 0 Å². The fraction of sp³-hybridized carbons (Fsp3) is 0.500. The van der Waals surface area contributed by atoms with E-state index in [1.807, 2.05) is 0 Å². The van der Waals surface area contributed by atoms with Crippen LogP contribution in [0.1, 0.15) is 19.4 Å². The van der Waals surface area contributed by atoms with Crippen LogP contribution in [0.25, 0.3) is 0 Å². The van der Waals surface area contributed by atoms with Crippen LogP contribution >= 0.6 is 0 Å². The summed E-state index contributed by atoms with van der Waals surface area (Å²) < 4.78 is 63.9. The molecule has 8 heteroatoms. The van der Waals surface area contributed by atoms with Gasteiger partial charge in [0.25, 0.3) is 0 Å². The summed E-state index contributed by atoms with van der Waals surface area (Å²) in [7, 11) is -4.11. The quantitative estimate of drug-likeness (QED) is 0.874. The van der Waals surface area contributed by atoms with Crippen LogP contribution in [0, 0.1) is 5.92 Å². The highest BCUT2D eigenvalue weighted by Crippen LogP contribution is 2.30. The van der Waals surface area contributed by atoms with Crippen LogP contribution in [-0.4, -0.2) is 26.2 Å². The van der Waals surface area contributed by atoms with Crippen LogP contribution in [0.4, 0.5) is 13.2 Å². The van der Waals surface area contributed by atoms with Gasteiger partial charge >= 0.3 is 6.18 Å². The SMILES string of the molecule is CC(C)C(CO)NS(=O)(=O)c1cccc(C(F)(F)F)c1. The molecule has 1 atom stereocenters. The van der Waals surface area contributed by atoms with Gasteiger partial charge < -0.3 is 5.11 Å². The minimum atomic E-state index is -4.61. The van der Waals surface area contributed by atoms with Crippen molar-refractivity contribution in [2.75, 3.05) is 6.61 Å². The van der Waals surface area contributed by atoms with Crippen LogP contribution in [0.5, 0.6) is 0 Å². The Kier molecular flexibility index (Phi) is 5.17. The third-order valence-corrected chi connectivity index (χ3v) is 4.27. The van der Waals surface area contributed by atoms with E-state index in [0.29, 0.717) is 6.07 Å². The molecule has 0 aliphatic carbocycles. The van der Waals surface area contributed by atoms with Gasteiger partial charge in [-0.1, -0.05) is 19.9 Å². The molecule has 20 heavy (non-hydrogen) atoms. The molecule has 1 unspecified atom stereocenters. The van der Waals surface area contributed by atoms with Gasteiger partial charge in [0.2, 0.25) is 10.0 Å². The van der Waals surface area contributed by atoms with E-state index in [1.54, 1.807) is 13.8 Å². The van der Waals surface area contributed by atoms with Gasteiger partial charge in [-0.25, -0.2) is 13.1 Å². The number of sulfonamides is 1. The van der Waals surface area contributed by atoms with Crippen molar-refractivity contribution in [3.63, 3.8) is 0 Å². The lowest BCUT2D eigenvalue weighted by molar-refractivity contribution is -0.137. The van der Waals surface area contributed by atoms with Gasteiger partial charge in [-0.3, -0.25) is 0 Å². The van der Waals surface area contributed by atoms with Crippen molar-refractivity contribution in [1.82, 2.24) is 4.72 Å². The molecule has 0 bridgehead atoms. The second-order valence-electron chi connectivity index (χ2n) is 4.68. The first-order valence-corrected chi connectivity index (χ1v) is 7.36. The molecular weight excluding hydrogens is 295 g/mol. The molecule has 0 radical (unpaired) electrons. The summed E-state index contributed by atoms with van der Waals surface area (Å²) in [6.07, 6.45) is -4.61. The number of nitrogens with one attached hydrogen (secondary N) is 1. The Hall–Kier alpha value is -1.12. The van der Waals surface area contributed by atoms with Crippen molar-refractivity contribution >= 4 is 10.0 Å². The summed E-state index contributed by atoms with van der Waals surface area (Å²) in [6, 6.07) is 2.71. The number of rotatable bonds is 5. The Labute approximate surface area is 115 Å². The molecule has 1 rings (SSSR count). The standard InChI is InChI=1S/C12H16F3NO3S/c1-8(2)11(7-17)16-20(18,19)10-5-3-4-9(6-10)12(13,14)15/h3-6,8,11,16-17H,7H2,1-2H3. The van der Waals surface area contributed by atoms with Crippen molar-refractivity contribution in [1.29, 1.82) is 0 Å². The van der Waals surface area contributed by atoms with Crippen molar-refractivity contribution in [2.45, 2.75) is 31.0 Å². The average molecular weight is 311 g/mol. The number of hydrogen-bond acceptors (Lipinski definition) is 3. The molecule has 4 nitrogen and oxygen atoms in total. The van der Waals surface area contributed by atoms with Crippen LogP contribution < -0.4 is 4.72 Å². The highest BCUT2D eigenvalue weighted by Gasteiger charge is 2.32. The molecule has 0 spiro atoms. The number of alkyl halides is 3. The summed E-state index contributed by atoms with van der Waals surface area (Å²) in [5, 5.41) is 9.08. The molecule has 0 saturated heterocycles. The summed E-state index contributed by atoms with van der Waals surface area (Å²) >= 11 is 0. The van der Waals surface area contributed by atoms with Gasteiger partial charge in [0, 0.05) is 6.04 Å². The van der Waals surface area contributed by atoms with E-state index in [1.165, 1.54) is 0 Å². The second kappa shape index (κ2) is 6.11. The monoisotopic (exact) mass is 311 g/mol. The average Bonchev–Trinajstić information content (AvgIpc) is 2.35. The normalized spacial score (nSPS) is 14.6. The Morgan fingerprint density at radius 2 is 1.90 bits per heavy atom. The Morgan fingerprint density at radius 1 is 1.30 bits per heavy atom. The molecule has 0 aliphatic rings. The molecule has 0 amide bonds. The molecule has 0 heterocycles. The highest BCUT2D eigenvalue weighted by molar-refractivity contribution is 7.89. The minimum Gasteiger partial charge on any atom is -0.395 e. The Bertz CT molecular complexity index is 555. The maximum absolute atomic E-state index is 12.6. The number of benzene rings is 1. The lowest BCUT2D eigenvalue weighted by Crippen LogP contribution is -2.41. The fourth-order valence-corrected chi connectivity index (χ4v) is 2.91. The van der Waals surface area contributed by atoms with Crippen LogP contribution in [-0.2, 0) is 16.2 Å². The van der Waals surface area contributed by atoms with Crippen LogP contribution in [0.3, 0.4) is 0 Å². The fourth-order valence-electron chi connectivity index (χ4n) is 1.49. The van der Waals surface area contributed by atoms with Crippen molar-refractivity contribution < 1.29 is 26.7 Å². The van der Waals surface area contributed by atoms with Crippen LogP contribution in [0.2, 0.25) is 0 Å². The van der Waals surface area contributed by atoms with Gasteiger partial charge in [-0.15, -0.1) is 0 Å². The highest BCUT2D eigenvalue weighted by atomic mass is 32.2. The number of aliphatic hydroxyl groups excluding tert-OH is 1. The minimum absolute atomic E-state index is 0.194. The zero-order chi connectivity index (χ0) is 15.6. The predicted octanol–water partition coefficient (Wildman–Crippen LogP) is 2.00. The zero-order valence-electron chi connectivity index (χ0n) is 11.0. The largest absolute Gasteiger partial charge is 0.416 e. The van der Waals surface area contributed by atoms with E-state index in [4.69, 9.17) is 5.11 Å². The van der Waals surface area contributed by atoms with E-state index < -0.39 is 39.3 Å². The molecule has 0 saturated carbocycles. The topological polar surface area (TPSA) is 66.4 Å². The summed E-state index contributed by atoms with van der Waals surface area (Å²) in [4.78, 5) is -0.480. The maximum atomic E-state index is 12.6. The molecule has 0 aromatic heterocycles. The van der Waals surface area contributed by atoms with Crippen molar-refractivity contribution in [2.24, 2.45) is 5.92 Å². The summed E-state index contributed by atoms with van der Waals surface area (Å²) in [6.45, 7) is 2.95. The van der Waals surface area contributed by atoms with E-state index >= 15 is 0 Å². The lowest BCUT2D eigenvalue weighted by Gasteiger charge is -2.20. The summed E-state index contributed by atoms with van der Waals surface area (Å²) in [5.74, 6) is -0.194. The zero-order valence-corrected chi connectivity index (χ0v) is 11.8. The molecule has 114 valence electrons. The van der Waals surface area contributed by atoms with Crippen molar-refractivity contribution in [3.8, 4) is 0 Å². The smallest absolute Gasteiger partial charge is 0.395 e. The first-order chi connectivity index (χ1) is 9.08. The Balaban J connectivity index is 3.10. The van der Waals surface area contributed by atoms with E-state index in [9.17, 15) is 21.6 Å². The molecule has 2 N–H and O–H groups in total. The summed E-state index contributed by atoms with van der Waals surface area (Å²) in [5.41, 5.74) is -1.04. The van der Waals surface area contributed by atoms with Gasteiger partial charge in [0.1, 0.15) is 0 Å². The number of aliphatic hydroxyl groups is 1. The number of hydrogen-bond donors (Lipinski definition) is 2. The lowest BCUT2D eigenvalue weighted by atomic mass is 10.1. The number of halogens is 3. The molecule has 0 fully saturated rings. The molecular formula is C12H16F3NO3S. The van der Waals surface area contributed by atoms with E-state index in [0.717, 1.165) is 18.2 Å². The van der Waals surface area contributed by atoms with Crippen molar-refractivity contribution in [3.05, 3.63) is 29.8 Å². The van der Waals surface area contributed by atoms with Crippen LogP contribution in [0.15, 0.2) is 29.2 Å².